The predicted molar refractivity (Wildman–Crippen MR) is 145 cm³/mol. The molecule has 37 heavy (non-hydrogen) atoms. The quantitative estimate of drug-likeness (QED) is 0.356. The third-order valence-corrected chi connectivity index (χ3v) is 8.47. The van der Waals surface area contributed by atoms with Gasteiger partial charge in [0.05, 0.1) is 23.8 Å². The highest BCUT2D eigenvalue weighted by Gasteiger charge is 2.33. The van der Waals surface area contributed by atoms with Crippen molar-refractivity contribution in [1.29, 1.82) is 0 Å². The van der Waals surface area contributed by atoms with Crippen LogP contribution in [-0.2, 0) is 22.4 Å². The van der Waals surface area contributed by atoms with Crippen molar-refractivity contribution in [2.75, 3.05) is 12.0 Å². The monoisotopic (exact) mass is 498 g/mol. The number of ketones is 1. The van der Waals surface area contributed by atoms with Gasteiger partial charge in [-0.2, -0.15) is 0 Å². The standard InChI is InChI=1S/C30H34N4O3/c1-18-8-13-24-26(33(18)30(36)37-3)14-15-27-29(24)32-28(17-22-16-21-6-4-5-7-25(21)31-22)34(27)23-11-9-20(10-12-23)19(2)35/h4-7,14-16,18,20,23,31H,8-13,17H2,1-3H3/t18-,20?,23?/m0/s1. The Morgan fingerprint density at radius 2 is 1.86 bits per heavy atom. The van der Waals surface area contributed by atoms with Gasteiger partial charge >= 0.3 is 6.09 Å². The summed E-state index contributed by atoms with van der Waals surface area (Å²) < 4.78 is 7.55. The van der Waals surface area contributed by atoms with Gasteiger partial charge in [0.15, 0.2) is 0 Å². The van der Waals surface area contributed by atoms with Crippen molar-refractivity contribution < 1.29 is 14.3 Å². The molecule has 1 atom stereocenters. The maximum absolute atomic E-state index is 12.7. The number of carbonyl (C=O) groups is 2. The van der Waals surface area contributed by atoms with Gasteiger partial charge in [-0.15, -0.1) is 0 Å². The normalized spacial score (nSPS) is 21.8. The smallest absolute Gasteiger partial charge is 0.414 e. The molecule has 1 N–H and O–H groups in total. The zero-order valence-electron chi connectivity index (χ0n) is 21.8. The lowest BCUT2D eigenvalue weighted by atomic mass is 9.83. The van der Waals surface area contributed by atoms with E-state index in [1.54, 1.807) is 11.8 Å². The molecule has 192 valence electrons. The van der Waals surface area contributed by atoms with Crippen LogP contribution in [0.3, 0.4) is 0 Å². The van der Waals surface area contributed by atoms with Gasteiger partial charge in [0.25, 0.3) is 0 Å². The minimum Gasteiger partial charge on any atom is -0.452 e. The van der Waals surface area contributed by atoms with Crippen molar-refractivity contribution in [2.45, 2.75) is 70.9 Å². The average molecular weight is 499 g/mol. The maximum Gasteiger partial charge on any atom is 0.414 e. The Kier molecular flexibility index (Phi) is 6.01. The van der Waals surface area contributed by atoms with Crippen LogP contribution in [-0.4, -0.2) is 39.6 Å². The summed E-state index contributed by atoms with van der Waals surface area (Å²) in [5.74, 6) is 1.51. The molecule has 0 bridgehead atoms. The molecule has 2 aliphatic rings. The number of nitrogens with zero attached hydrogens (tertiary/aromatic N) is 3. The number of amides is 1. The minimum atomic E-state index is -0.326. The molecule has 1 aliphatic carbocycles. The molecule has 7 heteroatoms. The second-order valence-corrected chi connectivity index (χ2v) is 10.7. The van der Waals surface area contributed by atoms with Crippen LogP contribution in [0.15, 0.2) is 42.5 Å². The fourth-order valence-electron chi connectivity index (χ4n) is 6.49. The molecule has 0 radical (unpaired) electrons. The SMILES string of the molecule is COC(=O)N1c2ccc3c(nc(Cc4cc5ccccc5[nH]4)n3C3CCC(C(C)=O)CC3)c2CC[C@@H]1C. The van der Waals surface area contributed by atoms with Crippen LogP contribution in [0.2, 0.25) is 0 Å². The fraction of sp³-hybridized carbons (Fsp3) is 0.433. The molecule has 1 amide bonds. The van der Waals surface area contributed by atoms with Crippen molar-refractivity contribution in [3.05, 3.63) is 59.5 Å². The molecule has 1 fully saturated rings. The number of rotatable bonds is 4. The molecular weight excluding hydrogens is 464 g/mol. The molecule has 1 saturated carbocycles. The topological polar surface area (TPSA) is 80.2 Å². The average Bonchev–Trinajstić information content (AvgIpc) is 3.48. The number of H-pyrrole nitrogens is 1. The van der Waals surface area contributed by atoms with E-state index in [9.17, 15) is 9.59 Å². The fourth-order valence-corrected chi connectivity index (χ4v) is 6.49. The third kappa shape index (κ3) is 4.10. The Morgan fingerprint density at radius 1 is 1.08 bits per heavy atom. The molecule has 0 unspecified atom stereocenters. The number of aryl methyl sites for hydroxylation is 1. The molecule has 7 nitrogen and oxygen atoms in total. The number of fused-ring (bicyclic) bond motifs is 4. The number of aromatic amines is 1. The molecule has 2 aromatic carbocycles. The lowest BCUT2D eigenvalue weighted by molar-refractivity contribution is -0.121. The summed E-state index contributed by atoms with van der Waals surface area (Å²) >= 11 is 0. The lowest BCUT2D eigenvalue weighted by Crippen LogP contribution is -2.42. The second kappa shape index (κ2) is 9.36. The van der Waals surface area contributed by atoms with Crippen molar-refractivity contribution in [2.24, 2.45) is 5.92 Å². The summed E-state index contributed by atoms with van der Waals surface area (Å²) in [6.45, 7) is 3.79. The number of para-hydroxylation sites is 1. The number of methoxy groups -OCH3 is 1. The summed E-state index contributed by atoms with van der Waals surface area (Å²) in [5, 5.41) is 1.20. The number of anilines is 1. The molecule has 0 saturated heterocycles. The van der Waals surface area contributed by atoms with Gasteiger partial charge in [0.1, 0.15) is 11.6 Å². The van der Waals surface area contributed by atoms with Crippen LogP contribution in [0, 0.1) is 5.92 Å². The zero-order valence-corrected chi connectivity index (χ0v) is 21.8. The molecule has 1 aliphatic heterocycles. The maximum atomic E-state index is 12.7. The Morgan fingerprint density at radius 3 is 2.59 bits per heavy atom. The number of nitrogens with one attached hydrogen (secondary N) is 1. The Hall–Kier alpha value is -3.61. The first-order valence-corrected chi connectivity index (χ1v) is 13.4. The van der Waals surface area contributed by atoms with Gasteiger partial charge in [-0.1, -0.05) is 18.2 Å². The summed E-state index contributed by atoms with van der Waals surface area (Å²) in [6.07, 6.45) is 5.90. The van der Waals surface area contributed by atoms with Gasteiger partial charge < -0.3 is 14.3 Å². The van der Waals surface area contributed by atoms with Crippen LogP contribution < -0.4 is 4.90 Å². The van der Waals surface area contributed by atoms with Gasteiger partial charge in [0, 0.05) is 41.2 Å². The molecular formula is C30H34N4O3. The first kappa shape index (κ1) is 23.8. The highest BCUT2D eigenvalue weighted by Crippen LogP contribution is 2.40. The van der Waals surface area contributed by atoms with Gasteiger partial charge in [-0.05, 0) is 82.0 Å². The number of benzene rings is 2. The van der Waals surface area contributed by atoms with Gasteiger partial charge in [-0.3, -0.25) is 9.69 Å². The van der Waals surface area contributed by atoms with Crippen molar-refractivity contribution in [1.82, 2.24) is 14.5 Å². The predicted octanol–water partition coefficient (Wildman–Crippen LogP) is 6.34. The van der Waals surface area contributed by atoms with E-state index in [2.05, 4.69) is 52.9 Å². The summed E-state index contributed by atoms with van der Waals surface area (Å²) in [5.41, 5.74) is 6.39. The van der Waals surface area contributed by atoms with E-state index >= 15 is 0 Å². The van der Waals surface area contributed by atoms with Crippen LogP contribution >= 0.6 is 0 Å². The number of imidazole rings is 1. The molecule has 6 rings (SSSR count). The number of ether oxygens (including phenoxy) is 1. The van der Waals surface area contributed by atoms with Gasteiger partial charge in [-0.25, -0.2) is 9.78 Å². The Bertz CT molecular complexity index is 1460. The molecule has 3 heterocycles. The zero-order chi connectivity index (χ0) is 25.7. The van der Waals surface area contributed by atoms with Crippen LogP contribution in [0.1, 0.15) is 69.1 Å². The van der Waals surface area contributed by atoms with E-state index in [0.29, 0.717) is 18.2 Å². The molecule has 4 aromatic rings. The Labute approximate surface area is 216 Å². The van der Waals surface area contributed by atoms with E-state index in [4.69, 9.17) is 9.72 Å². The second-order valence-electron chi connectivity index (χ2n) is 10.7. The van der Waals surface area contributed by atoms with Crippen LogP contribution in [0.4, 0.5) is 10.5 Å². The number of Topliss-reactive ketones (excluding diaryl/α,β-unsaturated/α-hetero) is 1. The third-order valence-electron chi connectivity index (χ3n) is 8.47. The summed E-state index contributed by atoms with van der Waals surface area (Å²) in [4.78, 5) is 35.3. The van der Waals surface area contributed by atoms with Crippen molar-refractivity contribution in [3.63, 3.8) is 0 Å². The van der Waals surface area contributed by atoms with Gasteiger partial charge in [0.2, 0.25) is 0 Å². The number of hydrogen-bond donors (Lipinski definition) is 1. The molecule has 2 aromatic heterocycles. The van der Waals surface area contributed by atoms with E-state index in [1.807, 2.05) is 6.07 Å². The highest BCUT2D eigenvalue weighted by atomic mass is 16.5. The van der Waals surface area contributed by atoms with E-state index in [-0.39, 0.29) is 18.1 Å². The number of hydrogen-bond acceptors (Lipinski definition) is 4. The summed E-state index contributed by atoms with van der Waals surface area (Å²) in [6, 6.07) is 15.1. The first-order chi connectivity index (χ1) is 17.9. The van der Waals surface area contributed by atoms with E-state index in [0.717, 1.165) is 77.8 Å². The van der Waals surface area contributed by atoms with Crippen molar-refractivity contribution in [3.8, 4) is 0 Å². The Balaban J connectivity index is 1.46. The van der Waals surface area contributed by atoms with Crippen molar-refractivity contribution >= 4 is 39.5 Å². The largest absolute Gasteiger partial charge is 0.452 e. The van der Waals surface area contributed by atoms with Crippen LogP contribution in [0.25, 0.3) is 21.9 Å². The highest BCUT2D eigenvalue weighted by molar-refractivity contribution is 5.95. The lowest BCUT2D eigenvalue weighted by Gasteiger charge is -2.34. The summed E-state index contributed by atoms with van der Waals surface area (Å²) in [7, 11) is 1.44. The first-order valence-electron chi connectivity index (χ1n) is 13.4. The minimum absolute atomic E-state index is 0.0761. The number of aromatic nitrogens is 3. The van der Waals surface area contributed by atoms with E-state index < -0.39 is 0 Å². The van der Waals surface area contributed by atoms with E-state index in [1.165, 1.54) is 12.5 Å². The molecule has 0 spiro atoms. The number of carbonyl (C=O) groups excluding carboxylic acids is 2. The van der Waals surface area contributed by atoms with Crippen LogP contribution in [0.5, 0.6) is 0 Å².